The van der Waals surface area contributed by atoms with E-state index in [1.54, 1.807) is 0 Å². The zero-order valence-corrected chi connectivity index (χ0v) is 17.9. The van der Waals surface area contributed by atoms with Gasteiger partial charge in [0.15, 0.2) is 0 Å². The molecule has 1 amide bonds. The second-order valence-electron chi connectivity index (χ2n) is 8.94. The Morgan fingerprint density at radius 1 is 0.967 bits per heavy atom. The van der Waals surface area contributed by atoms with Gasteiger partial charge in [0.05, 0.1) is 12.1 Å². The summed E-state index contributed by atoms with van der Waals surface area (Å²) in [5, 5.41) is 0.883. The van der Waals surface area contributed by atoms with E-state index in [2.05, 4.69) is 47.8 Å². The number of hydrogen-bond donors (Lipinski definition) is 1. The fraction of sp³-hybridized carbons (Fsp3) is 0.375. The van der Waals surface area contributed by atoms with E-state index in [4.69, 9.17) is 5.73 Å². The minimum atomic E-state index is 0.0848. The van der Waals surface area contributed by atoms with Gasteiger partial charge in [0.25, 0.3) is 5.91 Å². The Morgan fingerprint density at radius 2 is 1.63 bits per heavy atom. The summed E-state index contributed by atoms with van der Waals surface area (Å²) in [4.78, 5) is 26.2. The minimum Gasteiger partial charge on any atom is -0.383 e. The highest BCUT2D eigenvalue weighted by Gasteiger charge is 2.23. The predicted octanol–water partition coefficient (Wildman–Crippen LogP) is 3.47. The van der Waals surface area contributed by atoms with Crippen molar-refractivity contribution in [2.24, 2.45) is 0 Å². The molecule has 0 unspecified atom stereocenters. The first-order chi connectivity index (χ1) is 14.3. The van der Waals surface area contributed by atoms with E-state index in [-0.39, 0.29) is 11.3 Å². The number of nitrogens with zero attached hydrogens (tertiary/aromatic N) is 4. The van der Waals surface area contributed by atoms with Crippen molar-refractivity contribution in [2.75, 3.05) is 31.9 Å². The van der Waals surface area contributed by atoms with Gasteiger partial charge in [-0.05, 0) is 35.2 Å². The number of benzene rings is 2. The summed E-state index contributed by atoms with van der Waals surface area (Å²) in [5.74, 6) is 1.34. The molecule has 0 bridgehead atoms. The lowest BCUT2D eigenvalue weighted by molar-refractivity contribution is 0.0625. The Bertz CT molecular complexity index is 1050. The van der Waals surface area contributed by atoms with E-state index in [1.807, 2.05) is 41.3 Å². The normalized spacial score (nSPS) is 15.5. The number of aromatic nitrogens is 2. The lowest BCUT2D eigenvalue weighted by Crippen LogP contribution is -2.48. The quantitative estimate of drug-likeness (QED) is 0.725. The van der Waals surface area contributed by atoms with Crippen LogP contribution in [-0.2, 0) is 12.0 Å². The number of carbonyl (C=O) groups excluding carboxylic acids is 1. The van der Waals surface area contributed by atoms with Crippen LogP contribution < -0.4 is 5.73 Å². The molecule has 0 spiro atoms. The van der Waals surface area contributed by atoms with Crippen LogP contribution in [0.2, 0.25) is 0 Å². The molecule has 4 rings (SSSR count). The average molecular weight is 404 g/mol. The molecule has 6 heteroatoms. The van der Waals surface area contributed by atoms with E-state index >= 15 is 0 Å². The highest BCUT2D eigenvalue weighted by Crippen LogP contribution is 2.23. The Morgan fingerprint density at radius 3 is 2.30 bits per heavy atom. The maximum absolute atomic E-state index is 12.9. The zero-order valence-electron chi connectivity index (χ0n) is 17.9. The molecule has 1 aromatic heterocycles. The van der Waals surface area contributed by atoms with Gasteiger partial charge in [-0.1, -0.05) is 45.0 Å². The van der Waals surface area contributed by atoms with E-state index in [0.29, 0.717) is 25.5 Å². The molecule has 1 fully saturated rings. The monoisotopic (exact) mass is 403 g/mol. The van der Waals surface area contributed by atoms with Gasteiger partial charge in [0.2, 0.25) is 0 Å². The van der Waals surface area contributed by atoms with Crippen molar-refractivity contribution in [3.63, 3.8) is 0 Å². The average Bonchev–Trinajstić information content (AvgIpc) is 2.73. The molecule has 1 aliphatic rings. The van der Waals surface area contributed by atoms with Crippen LogP contribution in [0, 0.1) is 0 Å². The molecule has 2 aromatic carbocycles. The number of piperazine rings is 1. The third kappa shape index (κ3) is 4.28. The number of carbonyl (C=O) groups is 1. The second kappa shape index (κ2) is 8.03. The van der Waals surface area contributed by atoms with Crippen molar-refractivity contribution in [1.82, 2.24) is 19.8 Å². The predicted molar refractivity (Wildman–Crippen MR) is 120 cm³/mol. The van der Waals surface area contributed by atoms with E-state index in [1.165, 1.54) is 5.56 Å². The molecule has 2 heterocycles. The molecule has 156 valence electrons. The lowest BCUT2D eigenvalue weighted by Gasteiger charge is -2.34. The summed E-state index contributed by atoms with van der Waals surface area (Å²) < 4.78 is 0. The SMILES string of the molecule is CC(C)(C)c1ccc(C(=O)N2CCN(Cc3nc(N)c4ccccc4n3)CC2)cc1. The largest absolute Gasteiger partial charge is 0.383 e. The van der Waals surface area contributed by atoms with Crippen LogP contribution in [0.5, 0.6) is 0 Å². The lowest BCUT2D eigenvalue weighted by atomic mass is 9.86. The van der Waals surface area contributed by atoms with Crippen LogP contribution in [0.25, 0.3) is 10.9 Å². The van der Waals surface area contributed by atoms with Crippen molar-refractivity contribution in [1.29, 1.82) is 0 Å². The van der Waals surface area contributed by atoms with Crippen molar-refractivity contribution in [2.45, 2.75) is 32.7 Å². The second-order valence-corrected chi connectivity index (χ2v) is 8.94. The summed E-state index contributed by atoms with van der Waals surface area (Å²) in [6, 6.07) is 15.8. The molecular weight excluding hydrogens is 374 g/mol. The highest BCUT2D eigenvalue weighted by molar-refractivity contribution is 5.94. The number of fused-ring (bicyclic) bond motifs is 1. The van der Waals surface area contributed by atoms with E-state index in [0.717, 1.165) is 35.4 Å². The molecule has 0 atom stereocenters. The Kier molecular flexibility index (Phi) is 5.43. The van der Waals surface area contributed by atoms with Crippen molar-refractivity contribution in [3.8, 4) is 0 Å². The molecule has 0 radical (unpaired) electrons. The van der Waals surface area contributed by atoms with Crippen molar-refractivity contribution < 1.29 is 4.79 Å². The smallest absolute Gasteiger partial charge is 0.253 e. The van der Waals surface area contributed by atoms with Gasteiger partial charge in [-0.2, -0.15) is 0 Å². The summed E-state index contributed by atoms with van der Waals surface area (Å²) in [6.07, 6.45) is 0. The van der Waals surface area contributed by atoms with Crippen LogP contribution in [0.3, 0.4) is 0 Å². The van der Waals surface area contributed by atoms with Crippen LogP contribution in [0.1, 0.15) is 42.5 Å². The topological polar surface area (TPSA) is 75.4 Å². The van der Waals surface area contributed by atoms with Crippen LogP contribution in [-0.4, -0.2) is 51.9 Å². The maximum Gasteiger partial charge on any atom is 0.253 e. The molecule has 1 saturated heterocycles. The van der Waals surface area contributed by atoms with Crippen molar-refractivity contribution >= 4 is 22.6 Å². The fourth-order valence-electron chi connectivity index (χ4n) is 3.83. The molecule has 30 heavy (non-hydrogen) atoms. The third-order valence-electron chi connectivity index (χ3n) is 5.70. The Hall–Kier alpha value is -2.99. The Labute approximate surface area is 177 Å². The first-order valence-corrected chi connectivity index (χ1v) is 10.4. The number of rotatable bonds is 3. The number of hydrogen-bond acceptors (Lipinski definition) is 5. The van der Waals surface area contributed by atoms with Gasteiger partial charge in [0, 0.05) is 37.1 Å². The molecule has 0 saturated carbocycles. The van der Waals surface area contributed by atoms with Gasteiger partial charge < -0.3 is 10.6 Å². The fourth-order valence-corrected chi connectivity index (χ4v) is 3.83. The number of anilines is 1. The van der Waals surface area contributed by atoms with Crippen LogP contribution >= 0.6 is 0 Å². The standard InChI is InChI=1S/C24H29N5O/c1-24(2,3)18-10-8-17(9-11-18)23(30)29-14-12-28(13-15-29)16-21-26-20-7-5-4-6-19(20)22(25)27-21/h4-11H,12-16H2,1-3H3,(H2,25,26,27). The number of amides is 1. The molecule has 3 aromatic rings. The number of para-hydroxylation sites is 1. The van der Waals surface area contributed by atoms with Gasteiger partial charge in [-0.3, -0.25) is 9.69 Å². The molecule has 6 nitrogen and oxygen atoms in total. The molecule has 2 N–H and O–H groups in total. The van der Waals surface area contributed by atoms with Crippen LogP contribution in [0.4, 0.5) is 5.82 Å². The minimum absolute atomic E-state index is 0.0848. The van der Waals surface area contributed by atoms with E-state index < -0.39 is 0 Å². The molecule has 1 aliphatic heterocycles. The number of nitrogens with two attached hydrogens (primary N) is 1. The highest BCUT2D eigenvalue weighted by atomic mass is 16.2. The summed E-state index contributed by atoms with van der Waals surface area (Å²) in [6.45, 7) is 10.1. The summed E-state index contributed by atoms with van der Waals surface area (Å²) in [7, 11) is 0. The Balaban J connectivity index is 1.37. The van der Waals surface area contributed by atoms with Gasteiger partial charge >= 0.3 is 0 Å². The zero-order chi connectivity index (χ0) is 21.3. The molecule has 0 aliphatic carbocycles. The first kappa shape index (κ1) is 20.3. The van der Waals surface area contributed by atoms with E-state index in [9.17, 15) is 4.79 Å². The third-order valence-corrected chi connectivity index (χ3v) is 5.70. The molecular formula is C24H29N5O. The van der Waals surface area contributed by atoms with Gasteiger partial charge in [-0.25, -0.2) is 9.97 Å². The van der Waals surface area contributed by atoms with Crippen molar-refractivity contribution in [3.05, 3.63) is 65.5 Å². The van der Waals surface area contributed by atoms with Gasteiger partial charge in [0.1, 0.15) is 11.6 Å². The number of nitrogen functional groups attached to an aromatic ring is 1. The maximum atomic E-state index is 12.9. The summed E-state index contributed by atoms with van der Waals surface area (Å²) in [5.41, 5.74) is 9.04. The van der Waals surface area contributed by atoms with Crippen LogP contribution in [0.15, 0.2) is 48.5 Å². The van der Waals surface area contributed by atoms with Gasteiger partial charge in [-0.15, -0.1) is 0 Å². The summed E-state index contributed by atoms with van der Waals surface area (Å²) >= 11 is 0. The first-order valence-electron chi connectivity index (χ1n) is 10.4.